The summed E-state index contributed by atoms with van der Waals surface area (Å²) in [5.41, 5.74) is 0.848. The maximum absolute atomic E-state index is 12.6. The summed E-state index contributed by atoms with van der Waals surface area (Å²) in [5, 5.41) is 4.04. The van der Waals surface area contributed by atoms with Crippen molar-refractivity contribution in [1.82, 2.24) is 19.0 Å². The van der Waals surface area contributed by atoms with Crippen molar-refractivity contribution in [2.24, 2.45) is 7.05 Å². The van der Waals surface area contributed by atoms with Crippen molar-refractivity contribution in [1.29, 1.82) is 0 Å². The Bertz CT molecular complexity index is 866. The van der Waals surface area contributed by atoms with Crippen molar-refractivity contribution in [3.05, 3.63) is 54.4 Å². The normalized spacial score (nSPS) is 16.4. The van der Waals surface area contributed by atoms with Crippen LogP contribution in [0.2, 0.25) is 0 Å². The van der Waals surface area contributed by atoms with Crippen LogP contribution in [0.15, 0.2) is 53.7 Å². The molecule has 0 aliphatic carbocycles. The summed E-state index contributed by atoms with van der Waals surface area (Å²) in [6, 6.07) is 8.36. The fourth-order valence-electron chi connectivity index (χ4n) is 2.69. The minimum absolute atomic E-state index is 0.124. The molecule has 8 heteroatoms. The van der Waals surface area contributed by atoms with Gasteiger partial charge >= 0.3 is 0 Å². The van der Waals surface area contributed by atoms with E-state index in [2.05, 4.69) is 5.10 Å². The van der Waals surface area contributed by atoms with Gasteiger partial charge in [0.25, 0.3) is 0 Å². The Hall–Kier alpha value is -2.45. The average Bonchev–Trinajstić information content (AvgIpc) is 3.06. The van der Waals surface area contributed by atoms with Gasteiger partial charge in [-0.05, 0) is 18.2 Å². The lowest BCUT2D eigenvalue weighted by Gasteiger charge is -2.33. The van der Waals surface area contributed by atoms with Gasteiger partial charge in [0.1, 0.15) is 0 Å². The smallest absolute Gasteiger partial charge is 0.246 e. The van der Waals surface area contributed by atoms with E-state index in [1.165, 1.54) is 10.4 Å². The number of piperazine rings is 1. The average molecular weight is 360 g/mol. The van der Waals surface area contributed by atoms with Crippen LogP contribution in [0, 0.1) is 0 Å². The molecule has 0 saturated carbocycles. The van der Waals surface area contributed by atoms with Crippen LogP contribution in [0.25, 0.3) is 6.08 Å². The molecule has 0 radical (unpaired) electrons. The van der Waals surface area contributed by atoms with Crippen LogP contribution in [-0.2, 0) is 21.9 Å². The van der Waals surface area contributed by atoms with Crippen LogP contribution in [0.1, 0.15) is 5.56 Å². The van der Waals surface area contributed by atoms with Gasteiger partial charge in [-0.1, -0.05) is 18.2 Å². The molecule has 0 bridgehead atoms. The van der Waals surface area contributed by atoms with Gasteiger partial charge in [-0.15, -0.1) is 0 Å². The minimum atomic E-state index is -3.50. The van der Waals surface area contributed by atoms with E-state index in [-0.39, 0.29) is 10.8 Å². The molecule has 1 aliphatic rings. The number of carbonyl (C=O) groups is 1. The molecule has 0 atom stereocenters. The number of rotatable bonds is 4. The zero-order valence-corrected chi connectivity index (χ0v) is 14.8. The van der Waals surface area contributed by atoms with Gasteiger partial charge in [0.2, 0.25) is 15.9 Å². The predicted molar refractivity (Wildman–Crippen MR) is 94.0 cm³/mol. The first-order valence-corrected chi connectivity index (χ1v) is 9.42. The lowest BCUT2D eigenvalue weighted by Crippen LogP contribution is -2.50. The fourth-order valence-corrected chi connectivity index (χ4v) is 4.13. The number of aromatic nitrogens is 2. The third-order valence-corrected chi connectivity index (χ3v) is 5.99. The Morgan fingerprint density at radius 2 is 1.80 bits per heavy atom. The first kappa shape index (κ1) is 17.4. The van der Waals surface area contributed by atoms with E-state index in [0.29, 0.717) is 26.2 Å². The van der Waals surface area contributed by atoms with Crippen molar-refractivity contribution in [3.8, 4) is 0 Å². The molecular weight excluding hydrogens is 340 g/mol. The number of carbonyl (C=O) groups excluding carboxylic acids is 1. The van der Waals surface area contributed by atoms with Crippen LogP contribution < -0.4 is 0 Å². The van der Waals surface area contributed by atoms with Crippen molar-refractivity contribution in [2.45, 2.75) is 4.90 Å². The van der Waals surface area contributed by atoms with Crippen molar-refractivity contribution in [3.63, 3.8) is 0 Å². The quantitative estimate of drug-likeness (QED) is 0.762. The summed E-state index contributed by atoms with van der Waals surface area (Å²) in [5.74, 6) is -0.124. The van der Waals surface area contributed by atoms with Crippen LogP contribution in [0.5, 0.6) is 0 Å². The Labute approximate surface area is 147 Å². The van der Waals surface area contributed by atoms with Gasteiger partial charge in [-0.2, -0.15) is 9.40 Å². The van der Waals surface area contributed by atoms with Crippen molar-refractivity contribution in [2.75, 3.05) is 26.2 Å². The molecule has 2 heterocycles. The van der Waals surface area contributed by atoms with Gasteiger partial charge in [0, 0.05) is 51.1 Å². The van der Waals surface area contributed by atoms with Gasteiger partial charge < -0.3 is 4.90 Å². The SMILES string of the molecule is Cn1cc(C=CC(=O)N2CCN(S(=O)(=O)c3ccccc3)CC2)cn1. The highest BCUT2D eigenvalue weighted by Crippen LogP contribution is 2.17. The van der Waals surface area contributed by atoms with E-state index in [1.807, 2.05) is 13.2 Å². The molecule has 0 spiro atoms. The molecule has 3 rings (SSSR count). The molecule has 1 amide bonds. The summed E-state index contributed by atoms with van der Waals surface area (Å²) in [7, 11) is -1.69. The van der Waals surface area contributed by atoms with E-state index in [9.17, 15) is 13.2 Å². The maximum atomic E-state index is 12.6. The molecule has 1 aromatic carbocycles. The van der Waals surface area contributed by atoms with Crippen LogP contribution >= 0.6 is 0 Å². The van der Waals surface area contributed by atoms with E-state index < -0.39 is 10.0 Å². The van der Waals surface area contributed by atoms with Crippen LogP contribution in [0.4, 0.5) is 0 Å². The topological polar surface area (TPSA) is 75.5 Å². The van der Waals surface area contributed by atoms with Gasteiger partial charge in [-0.3, -0.25) is 9.48 Å². The first-order chi connectivity index (χ1) is 12.0. The molecule has 7 nitrogen and oxygen atoms in total. The standard InChI is InChI=1S/C17H20N4O3S/c1-19-14-15(13-18-19)7-8-17(22)20-9-11-21(12-10-20)25(23,24)16-5-3-2-4-6-16/h2-8,13-14H,9-12H2,1H3. The zero-order valence-electron chi connectivity index (χ0n) is 13.9. The molecule has 0 unspecified atom stereocenters. The molecule has 0 N–H and O–H groups in total. The lowest BCUT2D eigenvalue weighted by atomic mass is 10.3. The molecule has 132 valence electrons. The summed E-state index contributed by atoms with van der Waals surface area (Å²) >= 11 is 0. The highest BCUT2D eigenvalue weighted by molar-refractivity contribution is 7.89. The highest BCUT2D eigenvalue weighted by Gasteiger charge is 2.29. The van der Waals surface area contributed by atoms with Crippen molar-refractivity contribution < 1.29 is 13.2 Å². The lowest BCUT2D eigenvalue weighted by molar-refractivity contribution is -0.127. The Kier molecular flexibility index (Phi) is 5.00. The molecule has 1 saturated heterocycles. The van der Waals surface area contributed by atoms with Gasteiger partial charge in [0.05, 0.1) is 11.1 Å². The van der Waals surface area contributed by atoms with E-state index in [4.69, 9.17) is 0 Å². The third kappa shape index (κ3) is 3.97. The number of benzene rings is 1. The van der Waals surface area contributed by atoms with Crippen LogP contribution in [0.3, 0.4) is 0 Å². The Balaban J connectivity index is 1.60. The molecule has 2 aromatic rings. The molecule has 1 aliphatic heterocycles. The third-order valence-electron chi connectivity index (χ3n) is 4.07. The minimum Gasteiger partial charge on any atom is -0.337 e. The maximum Gasteiger partial charge on any atom is 0.246 e. The van der Waals surface area contributed by atoms with E-state index in [0.717, 1.165) is 5.56 Å². The molecule has 1 aromatic heterocycles. The van der Waals surface area contributed by atoms with Crippen LogP contribution in [-0.4, -0.2) is 59.5 Å². The summed E-state index contributed by atoms with van der Waals surface area (Å²) in [4.78, 5) is 14.2. The molecule has 25 heavy (non-hydrogen) atoms. The predicted octanol–water partition coefficient (Wildman–Crippen LogP) is 0.966. The highest BCUT2D eigenvalue weighted by atomic mass is 32.2. The second-order valence-electron chi connectivity index (χ2n) is 5.82. The number of hydrogen-bond acceptors (Lipinski definition) is 4. The number of aryl methyl sites for hydroxylation is 1. The number of sulfonamides is 1. The number of nitrogens with zero attached hydrogens (tertiary/aromatic N) is 4. The molecular formula is C17H20N4O3S. The van der Waals surface area contributed by atoms with Crippen molar-refractivity contribution >= 4 is 22.0 Å². The first-order valence-electron chi connectivity index (χ1n) is 7.98. The second-order valence-corrected chi connectivity index (χ2v) is 7.76. The van der Waals surface area contributed by atoms with Gasteiger partial charge in [-0.25, -0.2) is 8.42 Å². The monoisotopic (exact) mass is 360 g/mol. The second kappa shape index (κ2) is 7.20. The van der Waals surface area contributed by atoms with E-state index in [1.54, 1.807) is 52.2 Å². The number of hydrogen-bond donors (Lipinski definition) is 0. The van der Waals surface area contributed by atoms with Gasteiger partial charge in [0.15, 0.2) is 0 Å². The number of amides is 1. The summed E-state index contributed by atoms with van der Waals surface area (Å²) in [6.07, 6.45) is 6.70. The summed E-state index contributed by atoms with van der Waals surface area (Å²) < 4.78 is 28.2. The fraction of sp³-hybridized carbons (Fsp3) is 0.294. The summed E-state index contributed by atoms with van der Waals surface area (Å²) in [6.45, 7) is 1.35. The zero-order chi connectivity index (χ0) is 17.9. The Morgan fingerprint density at radius 3 is 2.40 bits per heavy atom. The Morgan fingerprint density at radius 1 is 1.12 bits per heavy atom. The largest absolute Gasteiger partial charge is 0.337 e. The van der Waals surface area contributed by atoms with E-state index >= 15 is 0 Å². The molecule has 1 fully saturated rings.